The van der Waals surface area contributed by atoms with Crippen LogP contribution in [0, 0.1) is 6.92 Å². The van der Waals surface area contributed by atoms with E-state index in [1.54, 1.807) is 43.3 Å². The van der Waals surface area contributed by atoms with Crippen LogP contribution in [0.2, 0.25) is 0 Å². The number of hydrogen-bond donors (Lipinski definition) is 0. The predicted octanol–water partition coefficient (Wildman–Crippen LogP) is 5.30. The second-order valence-corrected chi connectivity index (χ2v) is 9.23. The minimum Gasteiger partial charge on any atom is -0.484 e. The van der Waals surface area contributed by atoms with Crippen LogP contribution < -0.4 is 4.74 Å². The summed E-state index contributed by atoms with van der Waals surface area (Å²) in [4.78, 5) is 20.8. The highest BCUT2D eigenvalue weighted by atomic mass is 32.2. The molecule has 0 radical (unpaired) electrons. The van der Waals surface area contributed by atoms with Gasteiger partial charge in [0.2, 0.25) is 5.16 Å². The number of alkyl halides is 3. The summed E-state index contributed by atoms with van der Waals surface area (Å²) >= 11 is 0. The summed E-state index contributed by atoms with van der Waals surface area (Å²) < 4.78 is 67.8. The number of para-hydroxylation sites is 2. The first-order chi connectivity index (χ1) is 17.7. The molecule has 12 heteroatoms. The predicted molar refractivity (Wildman–Crippen MR) is 128 cm³/mol. The molecule has 194 valence electrons. The van der Waals surface area contributed by atoms with Crippen LogP contribution in [0.5, 0.6) is 5.75 Å². The Kier molecular flexibility index (Phi) is 8.07. The molecule has 37 heavy (non-hydrogen) atoms. The van der Waals surface area contributed by atoms with E-state index in [0.717, 1.165) is 5.56 Å². The Bertz CT molecular complexity index is 1410. The fourth-order valence-corrected chi connectivity index (χ4v) is 4.70. The van der Waals surface area contributed by atoms with Crippen molar-refractivity contribution in [2.45, 2.75) is 37.3 Å². The zero-order chi connectivity index (χ0) is 26.4. The molecule has 2 heterocycles. The minimum atomic E-state index is -4.49. The lowest BCUT2D eigenvalue weighted by Gasteiger charge is -2.14. The fraction of sp³-hybridized carbons (Fsp3) is 0.240. The lowest BCUT2D eigenvalue weighted by molar-refractivity contribution is -0.153. The number of carbonyl (C=O) groups is 1. The van der Waals surface area contributed by atoms with Gasteiger partial charge in [0.25, 0.3) is 0 Å². The van der Waals surface area contributed by atoms with Gasteiger partial charge in [-0.2, -0.15) is 13.2 Å². The Labute approximate surface area is 212 Å². The molecule has 2 aromatic carbocycles. The molecule has 0 N–H and O–H groups in total. The number of benzene rings is 2. The molecule has 0 spiro atoms. The summed E-state index contributed by atoms with van der Waals surface area (Å²) in [5, 5.41) is 0.111. The molecular formula is C25H22F3N3O5S. The van der Waals surface area contributed by atoms with Gasteiger partial charge in [-0.15, -0.1) is 0 Å². The Morgan fingerprint density at radius 3 is 2.51 bits per heavy atom. The SMILES string of the molecule is Cc1c(OCC(F)(F)F)ccnc1C[S@@](=O)c1nc2ccccc2n1COC(=O)OCc1ccccc1. The number of halogens is 3. The van der Waals surface area contributed by atoms with Crippen LogP contribution in [0.3, 0.4) is 0 Å². The Balaban J connectivity index is 1.50. The topological polar surface area (TPSA) is 92.5 Å². The number of carbonyl (C=O) groups excluding carboxylic acids is 1. The number of aromatic nitrogens is 3. The number of nitrogens with zero attached hydrogens (tertiary/aromatic N) is 3. The van der Waals surface area contributed by atoms with Crippen molar-refractivity contribution in [3.8, 4) is 5.75 Å². The number of fused-ring (bicyclic) bond motifs is 1. The van der Waals surface area contributed by atoms with Crippen LogP contribution in [0.25, 0.3) is 11.0 Å². The molecule has 8 nitrogen and oxygen atoms in total. The largest absolute Gasteiger partial charge is 0.510 e. The van der Waals surface area contributed by atoms with Crippen molar-refractivity contribution in [2.24, 2.45) is 0 Å². The molecule has 0 unspecified atom stereocenters. The van der Waals surface area contributed by atoms with E-state index >= 15 is 0 Å². The van der Waals surface area contributed by atoms with E-state index in [2.05, 4.69) is 9.97 Å². The fourth-order valence-electron chi connectivity index (χ4n) is 3.44. The van der Waals surface area contributed by atoms with Crippen molar-refractivity contribution < 1.29 is 36.4 Å². The highest BCUT2D eigenvalue weighted by molar-refractivity contribution is 7.84. The van der Waals surface area contributed by atoms with Gasteiger partial charge in [0, 0.05) is 11.8 Å². The summed E-state index contributed by atoms with van der Waals surface area (Å²) in [6.07, 6.45) is -4.11. The molecule has 1 atom stereocenters. The van der Waals surface area contributed by atoms with Gasteiger partial charge in [0.15, 0.2) is 13.3 Å². The van der Waals surface area contributed by atoms with Gasteiger partial charge >= 0.3 is 12.3 Å². The quantitative estimate of drug-likeness (QED) is 0.270. The first-order valence-electron chi connectivity index (χ1n) is 11.0. The van der Waals surface area contributed by atoms with Crippen LogP contribution in [-0.4, -0.2) is 37.7 Å². The lowest BCUT2D eigenvalue weighted by Crippen LogP contribution is -2.20. The third kappa shape index (κ3) is 6.85. The minimum absolute atomic E-state index is 0.00248. The molecule has 2 aromatic heterocycles. The van der Waals surface area contributed by atoms with Gasteiger partial charge in [-0.25, -0.2) is 9.78 Å². The van der Waals surface area contributed by atoms with Gasteiger partial charge in [-0.1, -0.05) is 42.5 Å². The maximum atomic E-state index is 13.3. The van der Waals surface area contributed by atoms with Crippen LogP contribution in [-0.2, 0) is 39.4 Å². The van der Waals surface area contributed by atoms with E-state index in [1.807, 2.05) is 18.2 Å². The second-order valence-electron chi connectivity index (χ2n) is 7.88. The summed E-state index contributed by atoms with van der Waals surface area (Å²) in [6.45, 7) is -0.189. The van der Waals surface area contributed by atoms with Crippen molar-refractivity contribution in [1.82, 2.24) is 14.5 Å². The number of pyridine rings is 1. The van der Waals surface area contributed by atoms with E-state index < -0.39 is 29.7 Å². The zero-order valence-corrected chi connectivity index (χ0v) is 20.4. The van der Waals surface area contributed by atoms with Crippen molar-refractivity contribution >= 4 is 28.0 Å². The molecule has 0 saturated heterocycles. The van der Waals surface area contributed by atoms with Gasteiger partial charge in [-0.05, 0) is 30.7 Å². The second kappa shape index (κ2) is 11.4. The lowest BCUT2D eigenvalue weighted by atomic mass is 10.2. The van der Waals surface area contributed by atoms with Crippen LogP contribution in [0.1, 0.15) is 16.8 Å². The molecule has 4 aromatic rings. The summed E-state index contributed by atoms with van der Waals surface area (Å²) in [7, 11) is -1.79. The van der Waals surface area contributed by atoms with Crippen LogP contribution >= 0.6 is 0 Å². The monoisotopic (exact) mass is 533 g/mol. The highest BCUT2D eigenvalue weighted by Crippen LogP contribution is 2.26. The van der Waals surface area contributed by atoms with E-state index in [-0.39, 0.29) is 30.0 Å². The average Bonchev–Trinajstić information content (AvgIpc) is 3.25. The standard InChI is InChI=1S/C25H22F3N3O5S/c1-17-20(29-12-11-22(17)35-15-25(26,27)28)14-37(33)23-30-19-9-5-6-10-21(19)31(23)16-36-24(32)34-13-18-7-3-2-4-8-18/h2-12H,13-16H2,1H3/t37-/m1/s1. The Hall–Kier alpha value is -3.93. The molecule has 0 bridgehead atoms. The summed E-state index contributed by atoms with van der Waals surface area (Å²) in [6, 6.07) is 17.4. The van der Waals surface area contributed by atoms with E-state index in [4.69, 9.17) is 14.2 Å². The molecule has 0 aliphatic heterocycles. The van der Waals surface area contributed by atoms with Crippen molar-refractivity contribution in [2.75, 3.05) is 6.61 Å². The smallest absolute Gasteiger partial charge is 0.484 e. The van der Waals surface area contributed by atoms with Crippen molar-refractivity contribution in [3.63, 3.8) is 0 Å². The van der Waals surface area contributed by atoms with Gasteiger partial charge in [0.05, 0.1) is 33.3 Å². The molecule has 0 fully saturated rings. The van der Waals surface area contributed by atoms with E-state index in [9.17, 15) is 22.2 Å². The van der Waals surface area contributed by atoms with E-state index in [1.165, 1.54) is 16.8 Å². The third-order valence-electron chi connectivity index (χ3n) is 5.25. The first-order valence-corrected chi connectivity index (χ1v) is 12.3. The average molecular weight is 534 g/mol. The first kappa shape index (κ1) is 26.1. The van der Waals surface area contributed by atoms with Crippen molar-refractivity contribution in [1.29, 1.82) is 0 Å². The zero-order valence-electron chi connectivity index (χ0n) is 19.6. The molecular weight excluding hydrogens is 511 g/mol. The highest BCUT2D eigenvalue weighted by Gasteiger charge is 2.29. The molecule has 0 saturated carbocycles. The molecule has 0 aliphatic rings. The Morgan fingerprint density at radius 1 is 1.03 bits per heavy atom. The normalized spacial score (nSPS) is 12.3. The van der Waals surface area contributed by atoms with Gasteiger partial charge in [0.1, 0.15) is 12.4 Å². The summed E-state index contributed by atoms with van der Waals surface area (Å²) in [5.41, 5.74) is 2.52. The van der Waals surface area contributed by atoms with Gasteiger partial charge < -0.3 is 14.2 Å². The third-order valence-corrected chi connectivity index (χ3v) is 6.51. The number of ether oxygens (including phenoxy) is 3. The van der Waals surface area contributed by atoms with Crippen LogP contribution in [0.4, 0.5) is 18.0 Å². The molecule has 0 aliphatic carbocycles. The summed E-state index contributed by atoms with van der Waals surface area (Å²) in [5.74, 6) is -0.145. The Morgan fingerprint density at radius 2 is 1.76 bits per heavy atom. The molecule has 0 amide bonds. The molecule has 4 rings (SSSR count). The number of rotatable bonds is 9. The maximum absolute atomic E-state index is 13.3. The van der Waals surface area contributed by atoms with E-state index in [0.29, 0.717) is 22.3 Å². The van der Waals surface area contributed by atoms with Crippen molar-refractivity contribution in [3.05, 3.63) is 83.7 Å². The number of hydrogen-bond acceptors (Lipinski definition) is 7. The van der Waals surface area contributed by atoms with Gasteiger partial charge in [-0.3, -0.25) is 13.8 Å². The number of imidazole rings is 1. The maximum Gasteiger partial charge on any atom is 0.510 e. The van der Waals surface area contributed by atoms with Crippen LogP contribution in [0.15, 0.2) is 72.0 Å².